The number of nitrogens with one attached hydrogen (secondary N) is 1. The van der Waals surface area contributed by atoms with Gasteiger partial charge in [-0.15, -0.1) is 0 Å². The van der Waals surface area contributed by atoms with E-state index in [2.05, 4.69) is 5.32 Å². The fourth-order valence-electron chi connectivity index (χ4n) is 4.25. The highest BCUT2D eigenvalue weighted by Crippen LogP contribution is 2.47. The Bertz CT molecular complexity index is 312. The molecule has 2 saturated carbocycles. The average molecular weight is 250 g/mol. The standard InChI is InChI=1S/C15H26N2O/c1-11(15(18)17-6-2-3-7-17)16-10-14-9-12-4-5-13(14)8-12/h11-14,16H,2-10H2,1H3. The molecule has 18 heavy (non-hydrogen) atoms. The number of hydrogen-bond donors (Lipinski definition) is 1. The van der Waals surface area contributed by atoms with E-state index < -0.39 is 0 Å². The first kappa shape index (κ1) is 12.5. The van der Waals surface area contributed by atoms with Gasteiger partial charge in [-0.05, 0) is 63.3 Å². The largest absolute Gasteiger partial charge is 0.341 e. The van der Waals surface area contributed by atoms with Crippen LogP contribution in [0.25, 0.3) is 0 Å². The van der Waals surface area contributed by atoms with E-state index in [1.54, 1.807) is 0 Å². The van der Waals surface area contributed by atoms with Gasteiger partial charge in [0.1, 0.15) is 0 Å². The van der Waals surface area contributed by atoms with Crippen LogP contribution >= 0.6 is 0 Å². The summed E-state index contributed by atoms with van der Waals surface area (Å²) < 4.78 is 0. The number of rotatable bonds is 4. The lowest BCUT2D eigenvalue weighted by Gasteiger charge is -2.26. The molecule has 1 amide bonds. The predicted octanol–water partition coefficient (Wildman–Crippen LogP) is 2.02. The first-order valence-corrected chi connectivity index (χ1v) is 7.76. The summed E-state index contributed by atoms with van der Waals surface area (Å²) >= 11 is 0. The van der Waals surface area contributed by atoms with Crippen molar-refractivity contribution in [1.82, 2.24) is 10.2 Å². The van der Waals surface area contributed by atoms with Gasteiger partial charge in [-0.3, -0.25) is 4.79 Å². The minimum Gasteiger partial charge on any atom is -0.341 e. The third kappa shape index (κ3) is 2.42. The Morgan fingerprint density at radius 2 is 2.06 bits per heavy atom. The second kappa shape index (κ2) is 5.20. The molecule has 102 valence electrons. The number of carbonyl (C=O) groups excluding carboxylic acids is 1. The van der Waals surface area contributed by atoms with Crippen LogP contribution in [0, 0.1) is 17.8 Å². The van der Waals surface area contributed by atoms with E-state index in [1.807, 2.05) is 11.8 Å². The SMILES string of the molecule is CC(NCC1CC2CCC1C2)C(=O)N1CCCC1. The van der Waals surface area contributed by atoms with Gasteiger partial charge >= 0.3 is 0 Å². The van der Waals surface area contributed by atoms with Crippen LogP contribution in [-0.4, -0.2) is 36.5 Å². The van der Waals surface area contributed by atoms with E-state index in [-0.39, 0.29) is 6.04 Å². The lowest BCUT2D eigenvalue weighted by atomic mass is 9.89. The zero-order chi connectivity index (χ0) is 12.5. The minimum atomic E-state index is 0.0160. The predicted molar refractivity (Wildman–Crippen MR) is 72.2 cm³/mol. The normalized spacial score (nSPS) is 36.3. The molecule has 4 unspecified atom stereocenters. The molecule has 4 atom stereocenters. The highest BCUT2D eigenvalue weighted by Gasteiger charge is 2.39. The first-order valence-electron chi connectivity index (χ1n) is 7.76. The van der Waals surface area contributed by atoms with Crippen LogP contribution in [0.2, 0.25) is 0 Å². The minimum absolute atomic E-state index is 0.0160. The van der Waals surface area contributed by atoms with Gasteiger partial charge in [0.2, 0.25) is 5.91 Å². The molecular formula is C15H26N2O. The molecule has 3 rings (SSSR count). The maximum atomic E-state index is 12.2. The summed E-state index contributed by atoms with van der Waals surface area (Å²) in [4.78, 5) is 14.2. The van der Waals surface area contributed by atoms with Gasteiger partial charge in [-0.25, -0.2) is 0 Å². The third-order valence-corrected chi connectivity index (χ3v) is 5.36. The van der Waals surface area contributed by atoms with Gasteiger partial charge in [0.25, 0.3) is 0 Å². The number of amides is 1. The zero-order valence-corrected chi connectivity index (χ0v) is 11.5. The van der Waals surface area contributed by atoms with Gasteiger partial charge in [0, 0.05) is 13.1 Å². The summed E-state index contributed by atoms with van der Waals surface area (Å²) in [5, 5.41) is 3.49. The Labute approximate surface area is 110 Å². The summed E-state index contributed by atoms with van der Waals surface area (Å²) in [6.07, 6.45) is 8.13. The van der Waals surface area contributed by atoms with Crippen LogP contribution in [0.4, 0.5) is 0 Å². The summed E-state index contributed by atoms with van der Waals surface area (Å²) in [6, 6.07) is 0.0160. The molecule has 0 spiro atoms. The van der Waals surface area contributed by atoms with Crippen LogP contribution in [0.5, 0.6) is 0 Å². The number of nitrogens with zero attached hydrogens (tertiary/aromatic N) is 1. The van der Waals surface area contributed by atoms with Crippen molar-refractivity contribution in [3.05, 3.63) is 0 Å². The van der Waals surface area contributed by atoms with E-state index in [0.717, 1.165) is 37.4 Å². The lowest BCUT2D eigenvalue weighted by Crippen LogP contribution is -2.45. The molecule has 3 fully saturated rings. The summed E-state index contributed by atoms with van der Waals surface area (Å²) in [5.74, 6) is 3.12. The van der Waals surface area contributed by atoms with E-state index in [1.165, 1.54) is 38.5 Å². The monoisotopic (exact) mass is 250 g/mol. The van der Waals surface area contributed by atoms with Gasteiger partial charge in [0.15, 0.2) is 0 Å². The molecule has 3 aliphatic rings. The Morgan fingerprint density at radius 3 is 2.67 bits per heavy atom. The van der Waals surface area contributed by atoms with Crippen LogP contribution in [0.15, 0.2) is 0 Å². The maximum Gasteiger partial charge on any atom is 0.239 e. The molecule has 3 heteroatoms. The molecule has 0 radical (unpaired) electrons. The second-order valence-corrected chi connectivity index (χ2v) is 6.60. The summed E-state index contributed by atoms with van der Waals surface area (Å²) in [7, 11) is 0. The molecular weight excluding hydrogens is 224 g/mol. The Balaban J connectivity index is 1.43. The molecule has 2 aliphatic carbocycles. The van der Waals surface area contributed by atoms with Crippen molar-refractivity contribution in [1.29, 1.82) is 0 Å². The molecule has 0 aromatic heterocycles. The smallest absolute Gasteiger partial charge is 0.239 e. The van der Waals surface area contributed by atoms with Crippen molar-refractivity contribution in [2.75, 3.05) is 19.6 Å². The van der Waals surface area contributed by atoms with E-state index >= 15 is 0 Å². The highest BCUT2D eigenvalue weighted by molar-refractivity contribution is 5.81. The van der Waals surface area contributed by atoms with Crippen molar-refractivity contribution in [3.63, 3.8) is 0 Å². The molecule has 3 nitrogen and oxygen atoms in total. The third-order valence-electron chi connectivity index (χ3n) is 5.36. The van der Waals surface area contributed by atoms with Crippen molar-refractivity contribution in [3.8, 4) is 0 Å². The first-order chi connectivity index (χ1) is 8.74. The Morgan fingerprint density at radius 1 is 1.28 bits per heavy atom. The van der Waals surface area contributed by atoms with E-state index in [0.29, 0.717) is 5.91 Å². The number of fused-ring (bicyclic) bond motifs is 2. The molecule has 1 saturated heterocycles. The number of carbonyl (C=O) groups is 1. The fraction of sp³-hybridized carbons (Fsp3) is 0.933. The lowest BCUT2D eigenvalue weighted by molar-refractivity contribution is -0.132. The van der Waals surface area contributed by atoms with Gasteiger partial charge in [0.05, 0.1) is 6.04 Å². The molecule has 1 heterocycles. The van der Waals surface area contributed by atoms with Crippen LogP contribution in [0.1, 0.15) is 45.4 Å². The van der Waals surface area contributed by atoms with Crippen molar-refractivity contribution < 1.29 is 4.79 Å². The van der Waals surface area contributed by atoms with Crippen molar-refractivity contribution in [2.45, 2.75) is 51.5 Å². The van der Waals surface area contributed by atoms with E-state index in [9.17, 15) is 4.79 Å². The highest BCUT2D eigenvalue weighted by atomic mass is 16.2. The van der Waals surface area contributed by atoms with Gasteiger partial charge in [-0.2, -0.15) is 0 Å². The maximum absolute atomic E-state index is 12.2. The van der Waals surface area contributed by atoms with E-state index in [4.69, 9.17) is 0 Å². The quantitative estimate of drug-likeness (QED) is 0.828. The van der Waals surface area contributed by atoms with Gasteiger partial charge < -0.3 is 10.2 Å². The molecule has 0 aromatic rings. The fourth-order valence-corrected chi connectivity index (χ4v) is 4.25. The van der Waals surface area contributed by atoms with Gasteiger partial charge in [-0.1, -0.05) is 6.42 Å². The topological polar surface area (TPSA) is 32.3 Å². The van der Waals surface area contributed by atoms with Crippen LogP contribution in [0.3, 0.4) is 0 Å². The molecule has 2 bridgehead atoms. The molecule has 1 aliphatic heterocycles. The van der Waals surface area contributed by atoms with Crippen molar-refractivity contribution in [2.24, 2.45) is 17.8 Å². The number of likely N-dealkylation sites (tertiary alicyclic amines) is 1. The van der Waals surface area contributed by atoms with Crippen molar-refractivity contribution >= 4 is 5.91 Å². The second-order valence-electron chi connectivity index (χ2n) is 6.60. The molecule has 1 N–H and O–H groups in total. The summed E-state index contributed by atoms with van der Waals surface area (Å²) in [5.41, 5.74) is 0. The Kier molecular flexibility index (Phi) is 3.60. The molecule has 0 aromatic carbocycles. The number of hydrogen-bond acceptors (Lipinski definition) is 2. The Hall–Kier alpha value is -0.570. The van der Waals surface area contributed by atoms with Crippen LogP contribution < -0.4 is 5.32 Å². The van der Waals surface area contributed by atoms with Crippen LogP contribution in [-0.2, 0) is 4.79 Å². The average Bonchev–Trinajstić information content (AvgIpc) is 3.10. The summed E-state index contributed by atoms with van der Waals surface area (Å²) in [6.45, 7) is 5.04. The zero-order valence-electron chi connectivity index (χ0n) is 11.5.